The Labute approximate surface area is 107 Å². The molecule has 1 aliphatic rings. The fourth-order valence-corrected chi connectivity index (χ4v) is 2.40. The van der Waals surface area contributed by atoms with E-state index in [4.69, 9.17) is 4.74 Å². The average Bonchev–Trinajstić information content (AvgIpc) is 2.95. The molecule has 2 aromatic rings. The van der Waals surface area contributed by atoms with E-state index >= 15 is 0 Å². The number of rotatable bonds is 3. The van der Waals surface area contributed by atoms with Crippen molar-refractivity contribution in [1.29, 1.82) is 0 Å². The highest BCUT2D eigenvalue weighted by Gasteiger charge is 2.16. The molecule has 6 heteroatoms. The molecule has 5 nitrogen and oxygen atoms in total. The van der Waals surface area contributed by atoms with Crippen molar-refractivity contribution in [3.63, 3.8) is 0 Å². The van der Waals surface area contributed by atoms with E-state index in [9.17, 15) is 0 Å². The summed E-state index contributed by atoms with van der Waals surface area (Å²) in [6.07, 6.45) is 6.69. The van der Waals surface area contributed by atoms with Gasteiger partial charge in [0.2, 0.25) is 0 Å². The first-order chi connectivity index (χ1) is 8.33. The predicted octanol–water partition coefficient (Wildman–Crippen LogP) is 1.94. The zero-order chi connectivity index (χ0) is 11.7. The molecule has 0 bridgehead atoms. The molecule has 0 aliphatic carbocycles. The number of hydrogen-bond donors (Lipinski definition) is 1. The van der Waals surface area contributed by atoms with Gasteiger partial charge in [-0.15, -0.1) is 0 Å². The van der Waals surface area contributed by atoms with E-state index in [2.05, 4.69) is 31.2 Å². The summed E-state index contributed by atoms with van der Waals surface area (Å²) in [7, 11) is 0. The summed E-state index contributed by atoms with van der Waals surface area (Å²) in [5.41, 5.74) is 0.854. The van der Waals surface area contributed by atoms with Gasteiger partial charge in [0.15, 0.2) is 11.5 Å². The van der Waals surface area contributed by atoms with Crippen LogP contribution in [0.1, 0.15) is 6.42 Å². The molecule has 1 unspecified atom stereocenters. The van der Waals surface area contributed by atoms with Crippen molar-refractivity contribution >= 4 is 27.4 Å². The van der Waals surface area contributed by atoms with Gasteiger partial charge in [0, 0.05) is 37.7 Å². The quantitative estimate of drug-likeness (QED) is 0.940. The maximum atomic E-state index is 5.35. The van der Waals surface area contributed by atoms with E-state index < -0.39 is 0 Å². The topological polar surface area (TPSA) is 51.5 Å². The fraction of sp³-hybridized carbons (Fsp3) is 0.455. The molecule has 1 fully saturated rings. The predicted molar refractivity (Wildman–Crippen MR) is 68.1 cm³/mol. The van der Waals surface area contributed by atoms with Gasteiger partial charge in [-0.05, 0) is 22.4 Å². The molecular formula is C11H13BrN4O. The molecule has 0 radical (unpaired) electrons. The Bertz CT molecular complexity index is 521. The number of aromatic nitrogens is 3. The molecule has 1 saturated heterocycles. The highest BCUT2D eigenvalue weighted by Crippen LogP contribution is 2.18. The minimum absolute atomic E-state index is 0.575. The van der Waals surface area contributed by atoms with Crippen molar-refractivity contribution in [2.45, 2.75) is 6.42 Å². The van der Waals surface area contributed by atoms with Gasteiger partial charge < -0.3 is 14.5 Å². The molecule has 1 aliphatic heterocycles. The molecule has 3 heterocycles. The average molecular weight is 297 g/mol. The van der Waals surface area contributed by atoms with Crippen LogP contribution in [0, 0.1) is 5.92 Å². The Balaban J connectivity index is 1.81. The molecular weight excluding hydrogens is 284 g/mol. The summed E-state index contributed by atoms with van der Waals surface area (Å²) in [5, 5.41) is 3.35. The van der Waals surface area contributed by atoms with Gasteiger partial charge in [0.05, 0.1) is 6.61 Å². The van der Waals surface area contributed by atoms with Crippen LogP contribution in [0.3, 0.4) is 0 Å². The summed E-state index contributed by atoms with van der Waals surface area (Å²) in [4.78, 5) is 8.71. The van der Waals surface area contributed by atoms with Crippen molar-refractivity contribution in [2.24, 2.45) is 5.92 Å². The normalized spacial score (nSPS) is 19.9. The third-order valence-electron chi connectivity index (χ3n) is 2.93. The first-order valence-corrected chi connectivity index (χ1v) is 6.43. The summed E-state index contributed by atoms with van der Waals surface area (Å²) < 4.78 is 8.10. The SMILES string of the molecule is Brc1cn2ccnc2c(NCC2CCOC2)n1. The standard InChI is InChI=1S/C11H13BrN4O/c12-9-6-16-3-2-13-11(16)10(15-9)14-5-8-1-4-17-7-8/h2-3,6,8H,1,4-5,7H2,(H,14,15). The molecule has 0 aromatic carbocycles. The van der Waals surface area contributed by atoms with E-state index in [0.29, 0.717) is 5.92 Å². The number of halogens is 1. The number of hydrogen-bond acceptors (Lipinski definition) is 4. The van der Waals surface area contributed by atoms with Crippen molar-refractivity contribution in [3.05, 3.63) is 23.2 Å². The van der Waals surface area contributed by atoms with Gasteiger partial charge in [-0.2, -0.15) is 0 Å². The zero-order valence-electron chi connectivity index (χ0n) is 9.27. The van der Waals surface area contributed by atoms with Crippen LogP contribution < -0.4 is 5.32 Å². The van der Waals surface area contributed by atoms with Crippen molar-refractivity contribution in [2.75, 3.05) is 25.1 Å². The number of nitrogens with zero attached hydrogens (tertiary/aromatic N) is 3. The number of anilines is 1. The molecule has 3 rings (SSSR count). The van der Waals surface area contributed by atoms with E-state index in [0.717, 1.165) is 42.2 Å². The minimum Gasteiger partial charge on any atom is -0.381 e. The first-order valence-electron chi connectivity index (χ1n) is 5.64. The maximum Gasteiger partial charge on any atom is 0.180 e. The first kappa shape index (κ1) is 11.0. The van der Waals surface area contributed by atoms with Gasteiger partial charge in [0.25, 0.3) is 0 Å². The second kappa shape index (κ2) is 4.62. The summed E-state index contributed by atoms with van der Waals surface area (Å²) >= 11 is 3.40. The van der Waals surface area contributed by atoms with Crippen LogP contribution >= 0.6 is 15.9 Å². The fourth-order valence-electron chi connectivity index (χ4n) is 2.00. The molecule has 90 valence electrons. The lowest BCUT2D eigenvalue weighted by atomic mass is 10.1. The van der Waals surface area contributed by atoms with Crippen molar-refractivity contribution in [1.82, 2.24) is 14.4 Å². The third kappa shape index (κ3) is 2.28. The number of imidazole rings is 1. The van der Waals surface area contributed by atoms with Gasteiger partial charge in [-0.3, -0.25) is 0 Å². The maximum absolute atomic E-state index is 5.35. The molecule has 0 spiro atoms. The van der Waals surface area contributed by atoms with Crippen LogP contribution in [0.5, 0.6) is 0 Å². The van der Waals surface area contributed by atoms with E-state index in [1.807, 2.05) is 16.8 Å². The van der Waals surface area contributed by atoms with Gasteiger partial charge in [-0.1, -0.05) is 0 Å². The van der Waals surface area contributed by atoms with Gasteiger partial charge in [-0.25, -0.2) is 9.97 Å². The lowest BCUT2D eigenvalue weighted by molar-refractivity contribution is 0.187. The Morgan fingerprint density at radius 1 is 1.59 bits per heavy atom. The van der Waals surface area contributed by atoms with E-state index in [1.165, 1.54) is 0 Å². The van der Waals surface area contributed by atoms with Gasteiger partial charge in [0.1, 0.15) is 4.60 Å². The second-order valence-corrected chi connectivity index (χ2v) is 4.99. The summed E-state index contributed by atoms with van der Waals surface area (Å²) in [6, 6.07) is 0. The van der Waals surface area contributed by atoms with E-state index in [-0.39, 0.29) is 0 Å². The summed E-state index contributed by atoms with van der Waals surface area (Å²) in [6.45, 7) is 2.59. The lowest BCUT2D eigenvalue weighted by Gasteiger charge is -2.11. The van der Waals surface area contributed by atoms with Crippen LogP contribution in [0.4, 0.5) is 5.82 Å². The smallest absolute Gasteiger partial charge is 0.180 e. The van der Waals surface area contributed by atoms with Crippen molar-refractivity contribution in [3.8, 4) is 0 Å². The third-order valence-corrected chi connectivity index (χ3v) is 3.31. The molecule has 17 heavy (non-hydrogen) atoms. The molecule has 0 saturated carbocycles. The molecule has 1 atom stereocenters. The Hall–Kier alpha value is -1.14. The number of fused-ring (bicyclic) bond motifs is 1. The highest BCUT2D eigenvalue weighted by molar-refractivity contribution is 9.10. The van der Waals surface area contributed by atoms with Crippen molar-refractivity contribution < 1.29 is 4.74 Å². The van der Waals surface area contributed by atoms with Crippen LogP contribution in [0.15, 0.2) is 23.2 Å². The van der Waals surface area contributed by atoms with E-state index in [1.54, 1.807) is 6.20 Å². The monoisotopic (exact) mass is 296 g/mol. The molecule has 2 aromatic heterocycles. The summed E-state index contributed by atoms with van der Waals surface area (Å²) in [5.74, 6) is 1.39. The molecule has 1 N–H and O–H groups in total. The Morgan fingerprint density at radius 3 is 3.35 bits per heavy atom. The number of ether oxygens (including phenoxy) is 1. The highest BCUT2D eigenvalue weighted by atomic mass is 79.9. The number of nitrogens with one attached hydrogen (secondary N) is 1. The van der Waals surface area contributed by atoms with Crippen LogP contribution in [0.25, 0.3) is 5.65 Å². The zero-order valence-corrected chi connectivity index (χ0v) is 10.9. The van der Waals surface area contributed by atoms with Gasteiger partial charge >= 0.3 is 0 Å². The Morgan fingerprint density at radius 2 is 2.53 bits per heavy atom. The largest absolute Gasteiger partial charge is 0.381 e. The second-order valence-electron chi connectivity index (χ2n) is 4.18. The molecule has 0 amide bonds. The lowest BCUT2D eigenvalue weighted by Crippen LogP contribution is -2.15. The Kier molecular flexibility index (Phi) is 2.98. The van der Waals surface area contributed by atoms with Crippen LogP contribution in [0.2, 0.25) is 0 Å². The minimum atomic E-state index is 0.575. The van der Waals surface area contributed by atoms with Crippen LogP contribution in [-0.2, 0) is 4.74 Å². The van der Waals surface area contributed by atoms with Crippen LogP contribution in [-0.4, -0.2) is 34.1 Å².